The first kappa shape index (κ1) is 23.3. The molecule has 0 heterocycles. The lowest BCUT2D eigenvalue weighted by Crippen LogP contribution is -2.16. The average Bonchev–Trinajstić information content (AvgIpc) is 2.74. The van der Waals surface area contributed by atoms with Crippen LogP contribution in [0.15, 0.2) is 53.6 Å². The highest BCUT2D eigenvalue weighted by Crippen LogP contribution is 2.14. The standard InChI is InChI=1S/C25H32N2O3/c1-3-4-5-6-7-8-9-13-24(28)27-26-19-21-14-16-23(17-15-21)30-25(29)22-12-10-11-20(2)18-22/h10-12,14-19H,3-9,13H2,1-2H3,(H,27,28). The molecule has 2 aromatic carbocycles. The predicted molar refractivity (Wildman–Crippen MR) is 121 cm³/mol. The van der Waals surface area contributed by atoms with Gasteiger partial charge in [0, 0.05) is 6.42 Å². The third kappa shape index (κ3) is 9.03. The average molecular weight is 409 g/mol. The number of rotatable bonds is 12. The smallest absolute Gasteiger partial charge is 0.343 e. The maximum atomic E-state index is 12.2. The minimum Gasteiger partial charge on any atom is -0.423 e. The van der Waals surface area contributed by atoms with E-state index in [-0.39, 0.29) is 5.91 Å². The summed E-state index contributed by atoms with van der Waals surface area (Å²) in [4.78, 5) is 24.0. The monoisotopic (exact) mass is 408 g/mol. The second-order valence-corrected chi connectivity index (χ2v) is 7.49. The highest BCUT2D eigenvalue weighted by molar-refractivity contribution is 5.91. The Morgan fingerprint density at radius 1 is 0.967 bits per heavy atom. The molecular weight excluding hydrogens is 376 g/mol. The normalized spacial score (nSPS) is 10.9. The summed E-state index contributed by atoms with van der Waals surface area (Å²) in [5.41, 5.74) is 4.89. The zero-order chi connectivity index (χ0) is 21.6. The van der Waals surface area contributed by atoms with Crippen molar-refractivity contribution in [3.8, 4) is 5.75 Å². The van der Waals surface area contributed by atoms with Crippen molar-refractivity contribution in [1.29, 1.82) is 0 Å². The SMILES string of the molecule is CCCCCCCCCC(=O)NN=Cc1ccc(OC(=O)c2cccc(C)c2)cc1. The second kappa shape index (κ2) is 13.3. The lowest BCUT2D eigenvalue weighted by atomic mass is 10.1. The molecule has 160 valence electrons. The topological polar surface area (TPSA) is 67.8 Å². The molecule has 2 aromatic rings. The lowest BCUT2D eigenvalue weighted by molar-refractivity contribution is -0.121. The Labute approximate surface area is 179 Å². The number of ether oxygens (including phenoxy) is 1. The van der Waals surface area contributed by atoms with Crippen molar-refractivity contribution in [2.45, 2.75) is 65.2 Å². The third-order valence-corrected chi connectivity index (χ3v) is 4.75. The molecule has 0 aromatic heterocycles. The molecular formula is C25H32N2O3. The Bertz CT molecular complexity index is 829. The Morgan fingerprint density at radius 2 is 1.67 bits per heavy atom. The maximum absolute atomic E-state index is 12.2. The van der Waals surface area contributed by atoms with E-state index in [9.17, 15) is 9.59 Å². The van der Waals surface area contributed by atoms with Crippen LogP contribution in [0.4, 0.5) is 0 Å². The molecule has 1 amide bonds. The van der Waals surface area contributed by atoms with Gasteiger partial charge >= 0.3 is 5.97 Å². The van der Waals surface area contributed by atoms with Gasteiger partial charge in [-0.2, -0.15) is 5.10 Å². The van der Waals surface area contributed by atoms with Crippen LogP contribution in [0.1, 0.15) is 79.8 Å². The first-order valence-electron chi connectivity index (χ1n) is 10.8. The zero-order valence-corrected chi connectivity index (χ0v) is 18.0. The molecule has 0 aliphatic carbocycles. The van der Waals surface area contributed by atoms with E-state index in [2.05, 4.69) is 17.5 Å². The van der Waals surface area contributed by atoms with E-state index in [0.717, 1.165) is 24.0 Å². The Kier molecular flexibility index (Phi) is 10.3. The molecule has 1 N–H and O–H groups in total. The van der Waals surface area contributed by atoms with Crippen LogP contribution in [-0.4, -0.2) is 18.1 Å². The quantitative estimate of drug-likeness (QED) is 0.159. The first-order valence-corrected chi connectivity index (χ1v) is 10.8. The largest absolute Gasteiger partial charge is 0.423 e. The molecule has 5 heteroatoms. The number of nitrogens with zero attached hydrogens (tertiary/aromatic N) is 1. The minimum atomic E-state index is -0.391. The number of esters is 1. The van der Waals surface area contributed by atoms with Crippen molar-refractivity contribution >= 4 is 18.1 Å². The second-order valence-electron chi connectivity index (χ2n) is 7.49. The van der Waals surface area contributed by atoms with Gasteiger partial charge in [-0.3, -0.25) is 4.79 Å². The summed E-state index contributed by atoms with van der Waals surface area (Å²) in [5, 5.41) is 4.00. The molecule has 2 rings (SSSR count). The zero-order valence-electron chi connectivity index (χ0n) is 18.0. The number of benzene rings is 2. The summed E-state index contributed by atoms with van der Waals surface area (Å²) in [6.07, 6.45) is 10.3. The molecule has 0 aliphatic rings. The maximum Gasteiger partial charge on any atom is 0.343 e. The molecule has 0 bridgehead atoms. The third-order valence-electron chi connectivity index (χ3n) is 4.75. The van der Waals surface area contributed by atoms with Crippen LogP contribution in [0.5, 0.6) is 5.75 Å². The summed E-state index contributed by atoms with van der Waals surface area (Å²) in [7, 11) is 0. The minimum absolute atomic E-state index is 0.0662. The molecule has 0 unspecified atom stereocenters. The van der Waals surface area contributed by atoms with E-state index in [4.69, 9.17) is 4.74 Å². The van der Waals surface area contributed by atoms with E-state index in [1.807, 2.05) is 19.1 Å². The van der Waals surface area contributed by atoms with E-state index >= 15 is 0 Å². The number of nitrogens with one attached hydrogen (secondary N) is 1. The summed E-state index contributed by atoms with van der Waals surface area (Å²) >= 11 is 0. The number of amides is 1. The van der Waals surface area contributed by atoms with Crippen LogP contribution in [0.2, 0.25) is 0 Å². The Balaban J connectivity index is 1.69. The van der Waals surface area contributed by atoms with Crippen molar-refractivity contribution in [2.75, 3.05) is 0 Å². The Morgan fingerprint density at radius 3 is 2.37 bits per heavy atom. The summed E-state index contributed by atoms with van der Waals surface area (Å²) < 4.78 is 5.39. The van der Waals surface area contributed by atoms with Crippen LogP contribution >= 0.6 is 0 Å². The fraction of sp³-hybridized carbons (Fsp3) is 0.400. The number of carbonyl (C=O) groups excluding carboxylic acids is 2. The van der Waals surface area contributed by atoms with Gasteiger partial charge in [0.1, 0.15) is 5.75 Å². The van der Waals surface area contributed by atoms with Gasteiger partial charge in [-0.15, -0.1) is 0 Å². The van der Waals surface area contributed by atoms with E-state index < -0.39 is 5.97 Å². The number of unbranched alkanes of at least 4 members (excludes halogenated alkanes) is 6. The van der Waals surface area contributed by atoms with Gasteiger partial charge in [-0.1, -0.05) is 63.1 Å². The van der Waals surface area contributed by atoms with Crippen LogP contribution in [0.3, 0.4) is 0 Å². The van der Waals surface area contributed by atoms with Gasteiger partial charge < -0.3 is 4.74 Å². The van der Waals surface area contributed by atoms with Crippen molar-refractivity contribution in [3.63, 3.8) is 0 Å². The Hall–Kier alpha value is -2.95. The molecule has 0 saturated heterocycles. The van der Waals surface area contributed by atoms with Crippen molar-refractivity contribution < 1.29 is 14.3 Å². The van der Waals surface area contributed by atoms with E-state index in [1.54, 1.807) is 42.6 Å². The molecule has 30 heavy (non-hydrogen) atoms. The summed E-state index contributed by atoms with van der Waals surface area (Å²) in [5.74, 6) is 0.00267. The molecule has 0 spiro atoms. The van der Waals surface area contributed by atoms with E-state index in [1.165, 1.54) is 32.1 Å². The highest BCUT2D eigenvalue weighted by Gasteiger charge is 2.08. The van der Waals surface area contributed by atoms with Crippen LogP contribution in [-0.2, 0) is 4.79 Å². The van der Waals surface area contributed by atoms with Gasteiger partial charge in [0.05, 0.1) is 11.8 Å². The van der Waals surface area contributed by atoms with Crippen molar-refractivity contribution in [3.05, 3.63) is 65.2 Å². The molecule has 0 atom stereocenters. The lowest BCUT2D eigenvalue weighted by Gasteiger charge is -2.05. The van der Waals surface area contributed by atoms with Crippen molar-refractivity contribution in [2.24, 2.45) is 5.10 Å². The first-order chi connectivity index (χ1) is 14.6. The van der Waals surface area contributed by atoms with Crippen LogP contribution in [0, 0.1) is 6.92 Å². The van der Waals surface area contributed by atoms with Gasteiger partial charge in [0.15, 0.2) is 0 Å². The van der Waals surface area contributed by atoms with Crippen molar-refractivity contribution in [1.82, 2.24) is 5.43 Å². The predicted octanol–water partition coefficient (Wildman–Crippen LogP) is 5.81. The van der Waals surface area contributed by atoms with Gasteiger partial charge in [-0.25, -0.2) is 10.2 Å². The highest BCUT2D eigenvalue weighted by atomic mass is 16.5. The number of carbonyl (C=O) groups is 2. The number of hydrogen-bond acceptors (Lipinski definition) is 4. The molecule has 0 radical (unpaired) electrons. The number of hydrazone groups is 1. The fourth-order valence-electron chi connectivity index (χ4n) is 3.04. The molecule has 0 saturated carbocycles. The van der Waals surface area contributed by atoms with Gasteiger partial charge in [0.25, 0.3) is 0 Å². The molecule has 0 aliphatic heterocycles. The summed E-state index contributed by atoms with van der Waals surface area (Å²) in [6.45, 7) is 4.14. The fourth-order valence-corrected chi connectivity index (χ4v) is 3.04. The summed E-state index contributed by atoms with van der Waals surface area (Å²) in [6, 6.07) is 14.2. The van der Waals surface area contributed by atoms with Gasteiger partial charge in [0.2, 0.25) is 5.91 Å². The van der Waals surface area contributed by atoms with Crippen LogP contribution in [0.25, 0.3) is 0 Å². The number of hydrogen-bond donors (Lipinski definition) is 1. The molecule has 0 fully saturated rings. The number of aryl methyl sites for hydroxylation is 1. The van der Waals surface area contributed by atoms with E-state index in [0.29, 0.717) is 17.7 Å². The van der Waals surface area contributed by atoms with Crippen LogP contribution < -0.4 is 10.2 Å². The van der Waals surface area contributed by atoms with Gasteiger partial charge in [-0.05, 0) is 55.3 Å². The molecule has 5 nitrogen and oxygen atoms in total.